The lowest BCUT2D eigenvalue weighted by molar-refractivity contribution is -0.137. The van der Waals surface area contributed by atoms with Crippen LogP contribution in [0.25, 0.3) is 0 Å². The van der Waals surface area contributed by atoms with E-state index >= 15 is 0 Å². The summed E-state index contributed by atoms with van der Waals surface area (Å²) in [6.07, 6.45) is 2.32. The van der Waals surface area contributed by atoms with E-state index in [1.165, 1.54) is 0 Å². The number of aliphatic carboxylic acids is 1. The lowest BCUT2D eigenvalue weighted by atomic mass is 10.3. The van der Waals surface area contributed by atoms with Crippen LogP contribution in [-0.4, -0.2) is 71.6 Å². The molecule has 1 unspecified atom stereocenters. The van der Waals surface area contributed by atoms with Crippen molar-refractivity contribution in [2.24, 2.45) is 5.73 Å². The second kappa shape index (κ2) is 7.68. The minimum absolute atomic E-state index is 0.182. The number of nitrogens with zero attached hydrogens (tertiary/aromatic N) is 2. The Balaban J connectivity index is 2.43. The third-order valence-electron chi connectivity index (χ3n) is 3.27. The fraction of sp³-hybridized carbons (Fsp3) is 0.750. The monoisotopic (exact) mass is 286 g/mol. The number of carboxylic acids is 1. The molecular formula is C12H22N4O4. The number of nitrogens with two attached hydrogens (primary N) is 1. The van der Waals surface area contributed by atoms with Gasteiger partial charge < -0.3 is 21.1 Å². The van der Waals surface area contributed by atoms with Crippen molar-refractivity contribution in [1.29, 1.82) is 0 Å². The molecule has 8 heteroatoms. The van der Waals surface area contributed by atoms with Gasteiger partial charge >= 0.3 is 12.0 Å². The number of urea groups is 1. The van der Waals surface area contributed by atoms with Crippen LogP contribution in [0.2, 0.25) is 0 Å². The number of hydrogen-bond donors (Lipinski definition) is 3. The van der Waals surface area contributed by atoms with E-state index in [1.54, 1.807) is 0 Å². The predicted molar refractivity (Wildman–Crippen MR) is 72.1 cm³/mol. The number of amides is 3. The fourth-order valence-corrected chi connectivity index (χ4v) is 2.21. The van der Waals surface area contributed by atoms with E-state index in [-0.39, 0.29) is 6.04 Å². The van der Waals surface area contributed by atoms with Crippen LogP contribution >= 0.6 is 0 Å². The Morgan fingerprint density at radius 2 is 1.90 bits per heavy atom. The van der Waals surface area contributed by atoms with Gasteiger partial charge in [0, 0.05) is 12.6 Å². The van der Waals surface area contributed by atoms with Crippen molar-refractivity contribution in [2.75, 3.05) is 32.7 Å². The highest BCUT2D eigenvalue weighted by molar-refractivity contribution is 5.85. The molecule has 1 aliphatic rings. The van der Waals surface area contributed by atoms with Crippen LogP contribution in [-0.2, 0) is 9.59 Å². The van der Waals surface area contributed by atoms with Crippen molar-refractivity contribution in [2.45, 2.75) is 25.8 Å². The van der Waals surface area contributed by atoms with Gasteiger partial charge in [0.15, 0.2) is 0 Å². The van der Waals surface area contributed by atoms with Crippen LogP contribution in [0.1, 0.15) is 19.8 Å². The molecule has 20 heavy (non-hydrogen) atoms. The molecule has 0 aromatic carbocycles. The molecular weight excluding hydrogens is 264 g/mol. The maximum Gasteiger partial charge on any atom is 0.323 e. The van der Waals surface area contributed by atoms with Gasteiger partial charge in [-0.15, -0.1) is 0 Å². The van der Waals surface area contributed by atoms with Crippen molar-refractivity contribution in [1.82, 2.24) is 15.1 Å². The van der Waals surface area contributed by atoms with Crippen molar-refractivity contribution >= 4 is 17.9 Å². The lowest BCUT2D eigenvalue weighted by Gasteiger charge is -2.26. The Morgan fingerprint density at radius 3 is 2.40 bits per heavy atom. The third kappa shape index (κ3) is 5.43. The minimum atomic E-state index is -1.19. The normalized spacial score (nSPS) is 16.6. The van der Waals surface area contributed by atoms with Gasteiger partial charge in [0.2, 0.25) is 5.91 Å². The molecule has 114 valence electrons. The number of likely N-dealkylation sites (tertiary alicyclic amines) is 1. The third-order valence-corrected chi connectivity index (χ3v) is 3.27. The number of rotatable bonds is 7. The van der Waals surface area contributed by atoms with Gasteiger partial charge in [-0.1, -0.05) is 0 Å². The topological polar surface area (TPSA) is 116 Å². The first kappa shape index (κ1) is 16.2. The highest BCUT2D eigenvalue weighted by Gasteiger charge is 2.21. The van der Waals surface area contributed by atoms with E-state index in [0.717, 1.165) is 30.8 Å². The van der Waals surface area contributed by atoms with Gasteiger partial charge in [-0.25, -0.2) is 4.79 Å². The quantitative estimate of drug-likeness (QED) is 0.558. The maximum atomic E-state index is 11.9. The van der Waals surface area contributed by atoms with E-state index in [2.05, 4.69) is 10.2 Å². The number of hydrogen-bond acceptors (Lipinski definition) is 4. The average molecular weight is 286 g/mol. The average Bonchev–Trinajstić information content (AvgIpc) is 2.87. The van der Waals surface area contributed by atoms with E-state index < -0.39 is 31.0 Å². The van der Waals surface area contributed by atoms with Gasteiger partial charge in [-0.2, -0.15) is 0 Å². The first-order valence-corrected chi connectivity index (χ1v) is 6.67. The molecule has 1 saturated heterocycles. The first-order chi connectivity index (χ1) is 9.40. The smallest absolute Gasteiger partial charge is 0.323 e. The Kier molecular flexibility index (Phi) is 6.23. The molecule has 1 aliphatic heterocycles. The second-order valence-electron chi connectivity index (χ2n) is 4.99. The molecule has 1 fully saturated rings. The Morgan fingerprint density at radius 1 is 1.30 bits per heavy atom. The summed E-state index contributed by atoms with van der Waals surface area (Å²) in [4.78, 5) is 36.5. The molecule has 1 rings (SSSR count). The lowest BCUT2D eigenvalue weighted by Crippen LogP contribution is -2.49. The molecule has 0 bridgehead atoms. The molecule has 0 radical (unpaired) electrons. The zero-order chi connectivity index (χ0) is 15.1. The Bertz CT molecular complexity index is 352. The summed E-state index contributed by atoms with van der Waals surface area (Å²) in [5, 5.41) is 11.4. The summed E-state index contributed by atoms with van der Waals surface area (Å²) in [6.45, 7) is 3.48. The van der Waals surface area contributed by atoms with E-state index in [1.807, 2.05) is 6.92 Å². The molecule has 4 N–H and O–H groups in total. The van der Waals surface area contributed by atoms with Crippen LogP contribution in [0.4, 0.5) is 4.79 Å². The molecule has 0 aromatic rings. The number of carbonyl (C=O) groups excluding carboxylic acids is 2. The summed E-state index contributed by atoms with van der Waals surface area (Å²) in [6, 6.07) is -0.404. The summed E-state index contributed by atoms with van der Waals surface area (Å²) in [5.41, 5.74) is 5.00. The zero-order valence-electron chi connectivity index (χ0n) is 11.7. The van der Waals surface area contributed by atoms with Crippen LogP contribution in [0.5, 0.6) is 0 Å². The molecule has 1 atom stereocenters. The standard InChI is InChI=1S/C12H22N4O4/c1-9(15-4-2-3-5-15)6-14-12(20)16(7-10(13)17)8-11(18)19/h9H,2-8H2,1H3,(H2,13,17)(H,14,20)(H,18,19). The minimum Gasteiger partial charge on any atom is -0.480 e. The van der Waals surface area contributed by atoms with Gasteiger partial charge in [-0.05, 0) is 32.9 Å². The maximum absolute atomic E-state index is 11.9. The number of carboxylic acid groups (broad SMARTS) is 1. The molecule has 0 aliphatic carbocycles. The highest BCUT2D eigenvalue weighted by Crippen LogP contribution is 2.10. The fourth-order valence-electron chi connectivity index (χ4n) is 2.21. The van der Waals surface area contributed by atoms with Crippen LogP contribution in [0.15, 0.2) is 0 Å². The molecule has 0 spiro atoms. The molecule has 8 nitrogen and oxygen atoms in total. The summed E-state index contributed by atoms with van der Waals surface area (Å²) < 4.78 is 0. The predicted octanol–water partition coefficient (Wildman–Crippen LogP) is -0.948. The Hall–Kier alpha value is -1.83. The van der Waals surface area contributed by atoms with E-state index in [9.17, 15) is 14.4 Å². The van der Waals surface area contributed by atoms with E-state index in [4.69, 9.17) is 10.8 Å². The molecule has 1 heterocycles. The van der Waals surface area contributed by atoms with Gasteiger partial charge in [0.1, 0.15) is 13.1 Å². The summed E-state index contributed by atoms with van der Waals surface area (Å²) >= 11 is 0. The highest BCUT2D eigenvalue weighted by atomic mass is 16.4. The molecule has 3 amide bonds. The van der Waals surface area contributed by atoms with Gasteiger partial charge in [-0.3, -0.25) is 14.5 Å². The van der Waals surface area contributed by atoms with Crippen molar-refractivity contribution in [3.8, 4) is 0 Å². The number of nitrogens with one attached hydrogen (secondary N) is 1. The summed E-state index contributed by atoms with van der Waals surface area (Å²) in [7, 11) is 0. The second-order valence-corrected chi connectivity index (χ2v) is 4.99. The SMILES string of the molecule is CC(CNC(=O)N(CC(N)=O)CC(=O)O)N1CCCC1. The molecule has 0 aromatic heterocycles. The number of carbonyl (C=O) groups is 3. The first-order valence-electron chi connectivity index (χ1n) is 6.67. The molecule has 0 saturated carbocycles. The van der Waals surface area contributed by atoms with Crippen molar-refractivity contribution in [3.05, 3.63) is 0 Å². The van der Waals surface area contributed by atoms with Crippen molar-refractivity contribution in [3.63, 3.8) is 0 Å². The zero-order valence-corrected chi connectivity index (χ0v) is 11.7. The van der Waals surface area contributed by atoms with E-state index in [0.29, 0.717) is 6.54 Å². The van der Waals surface area contributed by atoms with Crippen molar-refractivity contribution < 1.29 is 19.5 Å². The summed E-state index contributed by atoms with van der Waals surface area (Å²) in [5.74, 6) is -1.93. The van der Waals surface area contributed by atoms with Crippen LogP contribution in [0, 0.1) is 0 Å². The largest absolute Gasteiger partial charge is 0.480 e. The Labute approximate surface area is 117 Å². The van der Waals surface area contributed by atoms with Crippen LogP contribution < -0.4 is 11.1 Å². The number of primary amides is 1. The van der Waals surface area contributed by atoms with Gasteiger partial charge in [0.05, 0.1) is 0 Å². The van der Waals surface area contributed by atoms with Crippen LogP contribution in [0.3, 0.4) is 0 Å². The van der Waals surface area contributed by atoms with Gasteiger partial charge in [0.25, 0.3) is 0 Å².